The van der Waals surface area contributed by atoms with E-state index < -0.39 is 0 Å². The first-order valence-corrected chi connectivity index (χ1v) is 6.83. The normalized spacial score (nSPS) is 12.7. The summed E-state index contributed by atoms with van der Waals surface area (Å²) in [5, 5.41) is 0. The molecule has 0 saturated heterocycles. The number of para-hydroxylation sites is 1. The van der Waals surface area contributed by atoms with E-state index in [4.69, 9.17) is 10.5 Å². The van der Waals surface area contributed by atoms with E-state index >= 15 is 0 Å². The van der Waals surface area contributed by atoms with E-state index in [2.05, 4.69) is 24.8 Å². The summed E-state index contributed by atoms with van der Waals surface area (Å²) in [6.07, 6.45) is 2.45. The van der Waals surface area contributed by atoms with Crippen LogP contribution < -0.4 is 10.5 Å². The van der Waals surface area contributed by atoms with Crippen LogP contribution in [0.4, 0.5) is 0 Å². The van der Waals surface area contributed by atoms with Gasteiger partial charge in [-0.1, -0.05) is 38.5 Å². The first kappa shape index (κ1) is 15.0. The summed E-state index contributed by atoms with van der Waals surface area (Å²) in [5.74, 6) is 0.886. The van der Waals surface area contributed by atoms with Crippen LogP contribution in [0.3, 0.4) is 0 Å². The van der Waals surface area contributed by atoms with E-state index in [0.29, 0.717) is 0 Å². The van der Waals surface area contributed by atoms with Gasteiger partial charge in [0.05, 0.1) is 7.11 Å². The maximum atomic E-state index is 6.30. The third-order valence-electron chi connectivity index (χ3n) is 3.27. The number of nitrogens with two attached hydrogens (primary N) is 1. The number of unbranched alkanes of at least 4 members (excludes halogenated alkanes) is 1. The lowest BCUT2D eigenvalue weighted by atomic mass is 10.1. The average molecular weight is 250 g/mol. The molecule has 1 aromatic rings. The standard InChI is InChI=1S/C15H26N2O/c1-4-6-11-17(5-2)12-14(16)13-9-7-8-10-15(13)18-3/h7-10,14H,4-6,11-12,16H2,1-3H3. The van der Waals surface area contributed by atoms with Crippen LogP contribution in [-0.4, -0.2) is 31.6 Å². The topological polar surface area (TPSA) is 38.5 Å². The van der Waals surface area contributed by atoms with Crippen molar-refractivity contribution in [3.05, 3.63) is 29.8 Å². The third-order valence-corrected chi connectivity index (χ3v) is 3.27. The molecule has 0 aliphatic rings. The maximum absolute atomic E-state index is 6.30. The molecule has 0 bridgehead atoms. The molecule has 3 heteroatoms. The van der Waals surface area contributed by atoms with E-state index in [-0.39, 0.29) is 6.04 Å². The van der Waals surface area contributed by atoms with Crippen LogP contribution >= 0.6 is 0 Å². The van der Waals surface area contributed by atoms with Gasteiger partial charge in [-0.25, -0.2) is 0 Å². The van der Waals surface area contributed by atoms with Gasteiger partial charge in [-0.05, 0) is 25.6 Å². The smallest absolute Gasteiger partial charge is 0.123 e. The molecule has 0 aliphatic carbocycles. The molecule has 0 fully saturated rings. The zero-order valence-electron chi connectivity index (χ0n) is 11.9. The van der Waals surface area contributed by atoms with E-state index in [1.807, 2.05) is 18.2 Å². The molecular formula is C15H26N2O. The Morgan fingerprint density at radius 2 is 2.00 bits per heavy atom. The highest BCUT2D eigenvalue weighted by molar-refractivity contribution is 5.35. The van der Waals surface area contributed by atoms with E-state index in [0.717, 1.165) is 30.9 Å². The van der Waals surface area contributed by atoms with Gasteiger partial charge in [0.15, 0.2) is 0 Å². The molecule has 0 amide bonds. The van der Waals surface area contributed by atoms with Crippen molar-refractivity contribution >= 4 is 0 Å². The molecule has 18 heavy (non-hydrogen) atoms. The van der Waals surface area contributed by atoms with Gasteiger partial charge in [0.25, 0.3) is 0 Å². The van der Waals surface area contributed by atoms with E-state index in [9.17, 15) is 0 Å². The number of rotatable bonds is 8. The highest BCUT2D eigenvalue weighted by Crippen LogP contribution is 2.23. The Kier molecular flexibility index (Phi) is 6.76. The Morgan fingerprint density at radius 3 is 2.61 bits per heavy atom. The van der Waals surface area contributed by atoms with Gasteiger partial charge in [-0.15, -0.1) is 0 Å². The van der Waals surface area contributed by atoms with Crippen molar-refractivity contribution in [3.8, 4) is 5.75 Å². The minimum absolute atomic E-state index is 0.0120. The highest BCUT2D eigenvalue weighted by atomic mass is 16.5. The Morgan fingerprint density at radius 1 is 1.28 bits per heavy atom. The first-order valence-electron chi connectivity index (χ1n) is 6.83. The number of likely N-dealkylation sites (N-methyl/N-ethyl adjacent to an activating group) is 1. The Hall–Kier alpha value is -1.06. The molecule has 102 valence electrons. The molecule has 0 radical (unpaired) electrons. The number of ether oxygens (including phenoxy) is 1. The minimum atomic E-state index is 0.0120. The van der Waals surface area contributed by atoms with Gasteiger partial charge in [0, 0.05) is 18.2 Å². The molecule has 3 nitrogen and oxygen atoms in total. The summed E-state index contributed by atoms with van der Waals surface area (Å²) in [6.45, 7) is 7.45. The fraction of sp³-hybridized carbons (Fsp3) is 0.600. The molecule has 0 aliphatic heterocycles. The summed E-state index contributed by atoms with van der Waals surface area (Å²) in [6, 6.07) is 8.02. The van der Waals surface area contributed by atoms with Crippen molar-refractivity contribution in [2.45, 2.75) is 32.7 Å². The van der Waals surface area contributed by atoms with Gasteiger partial charge in [0.2, 0.25) is 0 Å². The lowest BCUT2D eigenvalue weighted by Gasteiger charge is -2.25. The molecule has 1 aromatic carbocycles. The monoisotopic (exact) mass is 250 g/mol. The quantitative estimate of drug-likeness (QED) is 0.771. The first-order chi connectivity index (χ1) is 8.72. The number of hydrogen-bond acceptors (Lipinski definition) is 3. The zero-order chi connectivity index (χ0) is 13.4. The van der Waals surface area contributed by atoms with Crippen LogP contribution in [0.25, 0.3) is 0 Å². The molecular weight excluding hydrogens is 224 g/mol. The molecule has 0 spiro atoms. The summed E-state index contributed by atoms with van der Waals surface area (Å²) < 4.78 is 5.36. The Bertz CT molecular complexity index is 341. The molecule has 0 aromatic heterocycles. The lowest BCUT2D eigenvalue weighted by molar-refractivity contribution is 0.264. The SMILES string of the molecule is CCCCN(CC)CC(N)c1ccccc1OC. The molecule has 2 N–H and O–H groups in total. The average Bonchev–Trinajstić information content (AvgIpc) is 2.43. The van der Waals surface area contributed by atoms with Crippen LogP contribution in [0.5, 0.6) is 5.75 Å². The van der Waals surface area contributed by atoms with Crippen molar-refractivity contribution < 1.29 is 4.74 Å². The molecule has 0 saturated carbocycles. The van der Waals surface area contributed by atoms with Crippen molar-refractivity contribution in [2.75, 3.05) is 26.7 Å². The largest absolute Gasteiger partial charge is 0.496 e. The second-order valence-corrected chi connectivity index (χ2v) is 4.60. The van der Waals surface area contributed by atoms with Crippen molar-refractivity contribution in [3.63, 3.8) is 0 Å². The summed E-state index contributed by atoms with van der Waals surface area (Å²) in [5.41, 5.74) is 7.39. The van der Waals surface area contributed by atoms with Crippen molar-refractivity contribution in [2.24, 2.45) is 5.73 Å². The highest BCUT2D eigenvalue weighted by Gasteiger charge is 2.14. The van der Waals surface area contributed by atoms with Crippen molar-refractivity contribution in [1.82, 2.24) is 4.90 Å². The van der Waals surface area contributed by atoms with Gasteiger partial charge in [0.1, 0.15) is 5.75 Å². The van der Waals surface area contributed by atoms with E-state index in [1.165, 1.54) is 12.8 Å². The number of benzene rings is 1. The Labute approximate surface area is 111 Å². The van der Waals surface area contributed by atoms with Gasteiger partial charge < -0.3 is 15.4 Å². The predicted molar refractivity (Wildman–Crippen MR) is 76.9 cm³/mol. The summed E-state index contributed by atoms with van der Waals surface area (Å²) >= 11 is 0. The molecule has 0 heterocycles. The lowest BCUT2D eigenvalue weighted by Crippen LogP contribution is -2.33. The second kappa shape index (κ2) is 8.11. The summed E-state index contributed by atoms with van der Waals surface area (Å²) in [4.78, 5) is 2.40. The fourth-order valence-electron chi connectivity index (χ4n) is 2.11. The van der Waals surface area contributed by atoms with Crippen LogP contribution in [-0.2, 0) is 0 Å². The van der Waals surface area contributed by atoms with Gasteiger partial charge in [-0.3, -0.25) is 0 Å². The fourth-order valence-corrected chi connectivity index (χ4v) is 2.11. The van der Waals surface area contributed by atoms with Crippen LogP contribution in [0.2, 0.25) is 0 Å². The molecule has 1 unspecified atom stereocenters. The van der Waals surface area contributed by atoms with Crippen LogP contribution in [0.15, 0.2) is 24.3 Å². The minimum Gasteiger partial charge on any atom is -0.496 e. The predicted octanol–water partition coefficient (Wildman–Crippen LogP) is 2.82. The molecule has 1 rings (SSSR count). The van der Waals surface area contributed by atoms with E-state index in [1.54, 1.807) is 7.11 Å². The van der Waals surface area contributed by atoms with Crippen LogP contribution in [0, 0.1) is 0 Å². The van der Waals surface area contributed by atoms with Crippen LogP contribution in [0.1, 0.15) is 38.3 Å². The zero-order valence-corrected chi connectivity index (χ0v) is 11.9. The Balaban J connectivity index is 2.65. The summed E-state index contributed by atoms with van der Waals surface area (Å²) in [7, 11) is 1.69. The maximum Gasteiger partial charge on any atom is 0.123 e. The molecule has 1 atom stereocenters. The number of nitrogens with zero attached hydrogens (tertiary/aromatic N) is 1. The number of hydrogen-bond donors (Lipinski definition) is 1. The van der Waals surface area contributed by atoms with Gasteiger partial charge in [-0.2, -0.15) is 0 Å². The third kappa shape index (κ3) is 4.31. The second-order valence-electron chi connectivity index (χ2n) is 4.60. The number of methoxy groups -OCH3 is 1. The van der Waals surface area contributed by atoms with Crippen molar-refractivity contribution in [1.29, 1.82) is 0 Å². The van der Waals surface area contributed by atoms with Gasteiger partial charge >= 0.3 is 0 Å².